The van der Waals surface area contributed by atoms with Crippen LogP contribution in [0.15, 0.2) is 12.4 Å². The molecule has 2 heterocycles. The van der Waals surface area contributed by atoms with Crippen LogP contribution in [0.5, 0.6) is 0 Å². The zero-order valence-corrected chi connectivity index (χ0v) is 10.1. The lowest BCUT2D eigenvalue weighted by Crippen LogP contribution is -2.41. The minimum Gasteiger partial charge on any atom is -0.367 e. The Hall–Kier alpha value is -0.910. The molecular formula is C12H19N3O2. The van der Waals surface area contributed by atoms with Crippen LogP contribution >= 0.6 is 0 Å². The van der Waals surface area contributed by atoms with Gasteiger partial charge in [0, 0.05) is 32.0 Å². The predicted octanol–water partition coefficient (Wildman–Crippen LogP) is 0.926. The summed E-state index contributed by atoms with van der Waals surface area (Å²) < 4.78 is 13.0. The van der Waals surface area contributed by atoms with Gasteiger partial charge in [-0.1, -0.05) is 0 Å². The van der Waals surface area contributed by atoms with Gasteiger partial charge in [-0.25, -0.2) is 4.68 Å². The largest absolute Gasteiger partial charge is 0.367 e. The van der Waals surface area contributed by atoms with Crippen LogP contribution in [0.3, 0.4) is 0 Å². The van der Waals surface area contributed by atoms with Gasteiger partial charge in [0.1, 0.15) is 6.73 Å². The topological polar surface area (TPSA) is 48.3 Å². The summed E-state index contributed by atoms with van der Waals surface area (Å²) in [5.74, 6) is 0.777. The summed E-state index contributed by atoms with van der Waals surface area (Å²) in [5, 5.41) is 7.70. The van der Waals surface area contributed by atoms with Crippen LogP contribution in [0.2, 0.25) is 0 Å². The highest BCUT2D eigenvalue weighted by atomic mass is 16.5. The first kappa shape index (κ1) is 11.2. The van der Waals surface area contributed by atoms with E-state index >= 15 is 0 Å². The molecule has 0 bridgehead atoms. The van der Waals surface area contributed by atoms with E-state index in [-0.39, 0.29) is 6.10 Å². The first-order chi connectivity index (χ1) is 8.36. The monoisotopic (exact) mass is 237 g/mol. The number of aromatic nitrogens is 2. The molecule has 2 unspecified atom stereocenters. The van der Waals surface area contributed by atoms with Gasteiger partial charge < -0.3 is 14.8 Å². The number of nitrogens with zero attached hydrogens (tertiary/aromatic N) is 2. The molecular weight excluding hydrogens is 218 g/mol. The van der Waals surface area contributed by atoms with Crippen LogP contribution in [-0.4, -0.2) is 36.1 Å². The zero-order valence-electron chi connectivity index (χ0n) is 10.1. The Morgan fingerprint density at radius 1 is 1.53 bits per heavy atom. The fraction of sp³-hybridized carbons (Fsp3) is 0.750. The van der Waals surface area contributed by atoms with E-state index in [1.807, 2.05) is 12.4 Å². The fourth-order valence-corrected chi connectivity index (χ4v) is 2.35. The van der Waals surface area contributed by atoms with E-state index in [0.717, 1.165) is 24.6 Å². The van der Waals surface area contributed by atoms with Crippen molar-refractivity contribution in [2.24, 2.45) is 5.92 Å². The van der Waals surface area contributed by atoms with Crippen molar-refractivity contribution in [1.29, 1.82) is 0 Å². The number of nitrogens with one attached hydrogen (secondary N) is 1. The maximum absolute atomic E-state index is 6.13. The van der Waals surface area contributed by atoms with Gasteiger partial charge >= 0.3 is 0 Å². The molecule has 0 radical (unpaired) electrons. The first-order valence-corrected chi connectivity index (χ1v) is 6.24. The summed E-state index contributed by atoms with van der Waals surface area (Å²) in [5.41, 5.74) is 1.14. The highest BCUT2D eigenvalue weighted by Gasteiger charge is 2.36. The molecule has 2 aliphatic rings. The third kappa shape index (κ3) is 2.51. The van der Waals surface area contributed by atoms with Gasteiger partial charge in [-0.15, -0.1) is 0 Å². The van der Waals surface area contributed by atoms with Crippen molar-refractivity contribution < 1.29 is 9.47 Å². The lowest BCUT2D eigenvalue weighted by molar-refractivity contribution is -0.0494. The predicted molar refractivity (Wildman–Crippen MR) is 62.4 cm³/mol. The summed E-state index contributed by atoms with van der Waals surface area (Å²) in [4.78, 5) is 0. The van der Waals surface area contributed by atoms with E-state index in [4.69, 9.17) is 9.47 Å². The second-order valence-corrected chi connectivity index (χ2v) is 4.89. The van der Waals surface area contributed by atoms with E-state index < -0.39 is 0 Å². The number of morpholine rings is 1. The van der Waals surface area contributed by atoms with Gasteiger partial charge in [0.2, 0.25) is 0 Å². The smallest absolute Gasteiger partial charge is 0.138 e. The van der Waals surface area contributed by atoms with Crippen LogP contribution in [0.4, 0.5) is 0 Å². The van der Waals surface area contributed by atoms with E-state index in [1.165, 1.54) is 12.8 Å². The van der Waals surface area contributed by atoms with Crippen molar-refractivity contribution in [3.8, 4) is 0 Å². The van der Waals surface area contributed by atoms with E-state index in [0.29, 0.717) is 12.8 Å². The average molecular weight is 237 g/mol. The fourth-order valence-electron chi connectivity index (χ4n) is 2.35. The normalized spacial score (nSPS) is 29.5. The highest BCUT2D eigenvalue weighted by Crippen LogP contribution is 2.37. The number of ether oxygens (including phenoxy) is 2. The Bertz CT molecular complexity index is 376. The molecule has 5 heteroatoms. The standard InChI is InChI=1S/C12H19N3O2/c1-16-8-15-7-10(4-14-15)12-6-13-5-11(17-12)9-2-3-9/h4,7,9,11-13H,2-3,5-6,8H2,1H3. The zero-order chi connectivity index (χ0) is 11.7. The molecule has 2 fully saturated rings. The molecule has 2 atom stereocenters. The van der Waals surface area contributed by atoms with Crippen LogP contribution in [0.25, 0.3) is 0 Å². The SMILES string of the molecule is COCn1cc(C2CNCC(C3CC3)O2)cn1. The van der Waals surface area contributed by atoms with Crippen LogP contribution in [0.1, 0.15) is 24.5 Å². The van der Waals surface area contributed by atoms with Gasteiger partial charge in [-0.05, 0) is 18.8 Å². The lowest BCUT2D eigenvalue weighted by Gasteiger charge is -2.30. The van der Waals surface area contributed by atoms with E-state index in [1.54, 1.807) is 11.8 Å². The number of methoxy groups -OCH3 is 1. The lowest BCUT2D eigenvalue weighted by atomic mass is 10.1. The molecule has 5 nitrogen and oxygen atoms in total. The van der Waals surface area contributed by atoms with Crippen molar-refractivity contribution >= 4 is 0 Å². The molecule has 1 saturated carbocycles. The van der Waals surface area contributed by atoms with Crippen molar-refractivity contribution in [3.05, 3.63) is 18.0 Å². The van der Waals surface area contributed by atoms with Gasteiger partial charge in [0.05, 0.1) is 18.4 Å². The molecule has 94 valence electrons. The summed E-state index contributed by atoms with van der Waals surface area (Å²) >= 11 is 0. The molecule has 3 rings (SSSR count). The Kier molecular flexibility index (Phi) is 3.13. The average Bonchev–Trinajstić information content (AvgIpc) is 3.11. The van der Waals surface area contributed by atoms with Gasteiger partial charge in [-0.3, -0.25) is 0 Å². The molecule has 17 heavy (non-hydrogen) atoms. The molecule has 0 aromatic carbocycles. The summed E-state index contributed by atoms with van der Waals surface area (Å²) in [6.07, 6.45) is 7.05. The van der Waals surface area contributed by atoms with Gasteiger partial charge in [0.25, 0.3) is 0 Å². The molecule has 1 N–H and O–H groups in total. The summed E-state index contributed by atoms with van der Waals surface area (Å²) in [6, 6.07) is 0. The molecule has 1 aromatic heterocycles. The minimum atomic E-state index is 0.139. The Balaban J connectivity index is 1.65. The molecule has 0 amide bonds. The van der Waals surface area contributed by atoms with Crippen LogP contribution in [0, 0.1) is 5.92 Å². The van der Waals surface area contributed by atoms with Crippen molar-refractivity contribution in [1.82, 2.24) is 15.1 Å². The van der Waals surface area contributed by atoms with Crippen molar-refractivity contribution in [3.63, 3.8) is 0 Å². The van der Waals surface area contributed by atoms with Crippen LogP contribution < -0.4 is 5.32 Å². The third-order valence-corrected chi connectivity index (χ3v) is 3.45. The Labute approximate surface area is 101 Å². The number of rotatable bonds is 4. The molecule has 1 aromatic rings. The molecule has 1 aliphatic carbocycles. The van der Waals surface area contributed by atoms with E-state index in [2.05, 4.69) is 10.4 Å². The second-order valence-electron chi connectivity index (χ2n) is 4.89. The van der Waals surface area contributed by atoms with Crippen LogP contribution in [-0.2, 0) is 16.2 Å². The van der Waals surface area contributed by atoms with Gasteiger partial charge in [0.15, 0.2) is 0 Å². The van der Waals surface area contributed by atoms with Crippen molar-refractivity contribution in [2.45, 2.75) is 31.8 Å². The third-order valence-electron chi connectivity index (χ3n) is 3.45. The highest BCUT2D eigenvalue weighted by molar-refractivity contribution is 5.10. The van der Waals surface area contributed by atoms with Gasteiger partial charge in [-0.2, -0.15) is 5.10 Å². The quantitative estimate of drug-likeness (QED) is 0.846. The maximum Gasteiger partial charge on any atom is 0.138 e. The Morgan fingerprint density at radius 2 is 2.41 bits per heavy atom. The molecule has 1 saturated heterocycles. The van der Waals surface area contributed by atoms with Crippen molar-refractivity contribution in [2.75, 3.05) is 20.2 Å². The molecule has 0 spiro atoms. The number of hydrogen-bond donors (Lipinski definition) is 1. The molecule has 1 aliphatic heterocycles. The van der Waals surface area contributed by atoms with E-state index in [9.17, 15) is 0 Å². The second kappa shape index (κ2) is 4.76. The summed E-state index contributed by atoms with van der Waals surface area (Å²) in [7, 11) is 1.67. The number of hydrogen-bond acceptors (Lipinski definition) is 4. The first-order valence-electron chi connectivity index (χ1n) is 6.24. The Morgan fingerprint density at radius 3 is 3.18 bits per heavy atom. The minimum absolute atomic E-state index is 0.139. The maximum atomic E-state index is 6.13. The summed E-state index contributed by atoms with van der Waals surface area (Å²) in [6.45, 7) is 2.36.